The van der Waals surface area contributed by atoms with Crippen molar-refractivity contribution in [3.8, 4) is 11.5 Å². The van der Waals surface area contributed by atoms with Gasteiger partial charge in [-0.3, -0.25) is 9.69 Å². The maximum absolute atomic E-state index is 13.3. The van der Waals surface area contributed by atoms with Crippen LogP contribution in [0.2, 0.25) is 0 Å². The van der Waals surface area contributed by atoms with E-state index in [2.05, 4.69) is 54.1 Å². The second-order valence-corrected chi connectivity index (χ2v) is 9.02. The lowest BCUT2D eigenvalue weighted by molar-refractivity contribution is -0.191. The van der Waals surface area contributed by atoms with Gasteiger partial charge in [0.25, 0.3) is 5.91 Å². The minimum Gasteiger partial charge on any atom is -0.371 e. The molecule has 176 valence electrons. The summed E-state index contributed by atoms with van der Waals surface area (Å²) < 4.78 is 1.98. The van der Waals surface area contributed by atoms with Crippen LogP contribution in [-0.4, -0.2) is 44.9 Å². The fraction of sp³-hybridized carbons (Fsp3) is 0.400. The van der Waals surface area contributed by atoms with Crippen molar-refractivity contribution in [1.82, 2.24) is 19.7 Å². The van der Waals surface area contributed by atoms with E-state index in [0.29, 0.717) is 18.2 Å². The molecule has 0 radical (unpaired) electrons. The molecule has 9 nitrogen and oxygen atoms in total. The van der Waals surface area contributed by atoms with Gasteiger partial charge in [-0.1, -0.05) is 19.1 Å². The first-order valence-electron chi connectivity index (χ1n) is 11.5. The average Bonchev–Trinajstić information content (AvgIpc) is 3.45. The van der Waals surface area contributed by atoms with Crippen molar-refractivity contribution >= 4 is 23.6 Å². The lowest BCUT2D eigenvalue weighted by Gasteiger charge is -2.32. The van der Waals surface area contributed by atoms with Crippen molar-refractivity contribution in [2.45, 2.75) is 46.2 Å². The number of carbonyl (C=O) groups excluding carboxylic acids is 3. The number of piperidine rings is 1. The zero-order valence-electron chi connectivity index (χ0n) is 19.6. The van der Waals surface area contributed by atoms with E-state index >= 15 is 0 Å². The van der Waals surface area contributed by atoms with Crippen molar-refractivity contribution in [1.29, 1.82) is 0 Å². The summed E-state index contributed by atoms with van der Waals surface area (Å²) in [5, 5.41) is 8.28. The molecule has 5 rings (SSSR count). The SMILES string of the molecule is CC1CCN(c2ccc3c(c2)C(=O)N(c2cccc(-c4nncn4C(C)C)n2)C3)CC1.O=C=O. The van der Waals surface area contributed by atoms with Gasteiger partial charge in [0.05, 0.1) is 6.54 Å². The fourth-order valence-electron chi connectivity index (χ4n) is 4.44. The zero-order valence-corrected chi connectivity index (χ0v) is 19.6. The first-order chi connectivity index (χ1) is 16.4. The highest BCUT2D eigenvalue weighted by atomic mass is 16.2. The fourth-order valence-corrected chi connectivity index (χ4v) is 4.44. The summed E-state index contributed by atoms with van der Waals surface area (Å²) in [6.45, 7) is 9.12. The molecule has 0 saturated carbocycles. The molecular formula is C25H28N6O3. The molecule has 1 saturated heterocycles. The van der Waals surface area contributed by atoms with Crippen LogP contribution >= 0.6 is 0 Å². The molecule has 0 atom stereocenters. The summed E-state index contributed by atoms with van der Waals surface area (Å²) in [7, 11) is 0. The highest BCUT2D eigenvalue weighted by Gasteiger charge is 2.30. The highest BCUT2D eigenvalue weighted by molar-refractivity contribution is 6.10. The number of rotatable bonds is 4. The van der Waals surface area contributed by atoms with Crippen LogP contribution in [0.3, 0.4) is 0 Å². The molecule has 0 unspecified atom stereocenters. The van der Waals surface area contributed by atoms with Crippen molar-refractivity contribution in [2.75, 3.05) is 22.9 Å². The molecule has 9 heteroatoms. The van der Waals surface area contributed by atoms with Gasteiger partial charge in [0.2, 0.25) is 0 Å². The van der Waals surface area contributed by atoms with E-state index in [1.807, 2.05) is 22.8 Å². The van der Waals surface area contributed by atoms with Crippen LogP contribution < -0.4 is 9.80 Å². The third-order valence-corrected chi connectivity index (χ3v) is 6.42. The first kappa shape index (κ1) is 23.3. The van der Waals surface area contributed by atoms with E-state index in [-0.39, 0.29) is 18.1 Å². The molecule has 0 aliphatic carbocycles. The number of aromatic nitrogens is 4. The lowest BCUT2D eigenvalue weighted by Crippen LogP contribution is -2.32. The lowest BCUT2D eigenvalue weighted by atomic mass is 9.98. The molecule has 34 heavy (non-hydrogen) atoms. The van der Waals surface area contributed by atoms with Crippen LogP contribution in [0.4, 0.5) is 11.5 Å². The number of amides is 1. The standard InChI is InChI=1S/C24H28N6O.CO2/c1-16(2)30-15-25-27-23(30)21-5-4-6-22(26-21)29-14-18-7-8-19(13-20(18)24(29)31)28-11-9-17(3)10-12-28;2-1-3/h4-8,13,15-17H,9-12,14H2,1-3H3;. The zero-order chi connectivity index (χ0) is 24.2. The third kappa shape index (κ3) is 4.61. The Labute approximate surface area is 198 Å². The smallest absolute Gasteiger partial charge is 0.371 e. The number of carbonyl (C=O) groups is 1. The maximum atomic E-state index is 13.3. The van der Waals surface area contributed by atoms with Crippen molar-refractivity contribution in [3.63, 3.8) is 0 Å². The van der Waals surface area contributed by atoms with E-state index in [9.17, 15) is 4.79 Å². The van der Waals surface area contributed by atoms with Gasteiger partial charge in [-0.25, -0.2) is 4.98 Å². The second kappa shape index (κ2) is 9.97. The molecule has 1 aromatic carbocycles. The summed E-state index contributed by atoms with van der Waals surface area (Å²) in [6.07, 6.45) is 4.37. The Morgan fingerprint density at radius 3 is 2.53 bits per heavy atom. The van der Waals surface area contributed by atoms with Crippen molar-refractivity contribution in [2.24, 2.45) is 5.92 Å². The van der Waals surface area contributed by atoms with Crippen molar-refractivity contribution in [3.05, 3.63) is 53.9 Å². The number of hydrogen-bond donors (Lipinski definition) is 0. The Morgan fingerprint density at radius 2 is 1.82 bits per heavy atom. The number of pyridine rings is 1. The van der Waals surface area contributed by atoms with Gasteiger partial charge >= 0.3 is 6.15 Å². The van der Waals surface area contributed by atoms with Gasteiger partial charge in [0.15, 0.2) is 5.82 Å². The summed E-state index contributed by atoms with van der Waals surface area (Å²) in [5.41, 5.74) is 3.70. The Balaban J connectivity index is 0.000000868. The molecule has 2 aromatic heterocycles. The van der Waals surface area contributed by atoms with Gasteiger partial charge in [-0.15, -0.1) is 10.2 Å². The summed E-state index contributed by atoms with van der Waals surface area (Å²) in [4.78, 5) is 38.5. The number of benzene rings is 1. The molecule has 0 N–H and O–H groups in total. The van der Waals surface area contributed by atoms with Crippen LogP contribution in [0.5, 0.6) is 0 Å². The number of fused-ring (bicyclic) bond motifs is 1. The Bertz CT molecular complexity index is 1210. The van der Waals surface area contributed by atoms with Gasteiger partial charge < -0.3 is 9.47 Å². The topological polar surface area (TPSA) is 101 Å². The van der Waals surface area contributed by atoms with Gasteiger partial charge in [0.1, 0.15) is 17.8 Å². The maximum Gasteiger partial charge on any atom is 0.373 e. The largest absolute Gasteiger partial charge is 0.373 e. The van der Waals surface area contributed by atoms with E-state index in [1.54, 1.807) is 11.2 Å². The average molecular weight is 461 g/mol. The van der Waals surface area contributed by atoms with Crippen LogP contribution in [0, 0.1) is 5.92 Å². The minimum atomic E-state index is 0.0113. The number of anilines is 2. The van der Waals surface area contributed by atoms with E-state index < -0.39 is 0 Å². The molecular weight excluding hydrogens is 432 g/mol. The quantitative estimate of drug-likeness (QED) is 0.585. The molecule has 2 aliphatic heterocycles. The molecule has 0 spiro atoms. The minimum absolute atomic E-state index is 0.0113. The van der Waals surface area contributed by atoms with E-state index in [0.717, 1.165) is 41.5 Å². The van der Waals surface area contributed by atoms with Gasteiger partial charge in [-0.2, -0.15) is 9.59 Å². The summed E-state index contributed by atoms with van der Waals surface area (Å²) >= 11 is 0. The van der Waals surface area contributed by atoms with Crippen molar-refractivity contribution < 1.29 is 14.4 Å². The van der Waals surface area contributed by atoms with E-state index in [1.165, 1.54) is 12.8 Å². The summed E-state index contributed by atoms with van der Waals surface area (Å²) in [6, 6.07) is 12.3. The van der Waals surface area contributed by atoms with Crippen LogP contribution in [-0.2, 0) is 16.1 Å². The first-order valence-corrected chi connectivity index (χ1v) is 11.5. The predicted molar refractivity (Wildman–Crippen MR) is 126 cm³/mol. The molecule has 1 amide bonds. The van der Waals surface area contributed by atoms with Crippen LogP contribution in [0.1, 0.15) is 55.6 Å². The highest BCUT2D eigenvalue weighted by Crippen LogP contribution is 2.32. The normalized spacial score (nSPS) is 15.7. The monoisotopic (exact) mass is 460 g/mol. The molecule has 0 bridgehead atoms. The Kier molecular flexibility index (Phi) is 6.84. The predicted octanol–water partition coefficient (Wildman–Crippen LogP) is 3.73. The van der Waals surface area contributed by atoms with Gasteiger partial charge in [0, 0.05) is 30.4 Å². The van der Waals surface area contributed by atoms with Crippen LogP contribution in [0.15, 0.2) is 42.7 Å². The number of nitrogens with zero attached hydrogens (tertiary/aromatic N) is 6. The Morgan fingerprint density at radius 1 is 1.09 bits per heavy atom. The number of hydrogen-bond acceptors (Lipinski definition) is 7. The third-order valence-electron chi connectivity index (χ3n) is 6.42. The van der Waals surface area contributed by atoms with E-state index in [4.69, 9.17) is 14.6 Å². The van der Waals surface area contributed by atoms with Gasteiger partial charge in [-0.05, 0) is 62.4 Å². The molecule has 1 fully saturated rings. The van der Waals surface area contributed by atoms with Crippen LogP contribution in [0.25, 0.3) is 11.5 Å². The Hall–Kier alpha value is -3.84. The second-order valence-electron chi connectivity index (χ2n) is 9.02. The molecule has 4 heterocycles. The molecule has 3 aromatic rings. The summed E-state index contributed by atoms with van der Waals surface area (Å²) in [5.74, 6) is 2.15. The molecule has 2 aliphatic rings.